The van der Waals surface area contributed by atoms with Crippen LogP contribution in [0.3, 0.4) is 0 Å². The van der Waals surface area contributed by atoms with Gasteiger partial charge in [0.25, 0.3) is 0 Å². The molecule has 0 saturated carbocycles. The van der Waals surface area contributed by atoms with Gasteiger partial charge in [-0.25, -0.2) is 0 Å². The highest BCUT2D eigenvalue weighted by Crippen LogP contribution is 2.36. The van der Waals surface area contributed by atoms with Crippen LogP contribution in [0.1, 0.15) is 25.3 Å². The van der Waals surface area contributed by atoms with E-state index in [0.717, 1.165) is 53.3 Å². The number of methoxy groups -OCH3 is 2. The summed E-state index contributed by atoms with van der Waals surface area (Å²) >= 11 is 0. The van der Waals surface area contributed by atoms with E-state index >= 15 is 0 Å². The number of nitrogens with one attached hydrogen (secondary N) is 1. The van der Waals surface area contributed by atoms with Crippen molar-refractivity contribution in [2.45, 2.75) is 26.2 Å². The summed E-state index contributed by atoms with van der Waals surface area (Å²) in [5.74, 6) is 2.43. The Bertz CT molecular complexity index is 880. The Morgan fingerprint density at radius 3 is 2.30 bits per heavy atom. The first-order valence-corrected chi connectivity index (χ1v) is 9.41. The molecule has 1 heterocycles. The van der Waals surface area contributed by atoms with E-state index in [9.17, 15) is 0 Å². The number of rotatable bonds is 9. The first kappa shape index (κ1) is 19.1. The maximum atomic E-state index is 5.71. The molecule has 0 saturated heterocycles. The Morgan fingerprint density at radius 2 is 1.67 bits per heavy atom. The van der Waals surface area contributed by atoms with Crippen molar-refractivity contribution in [3.63, 3.8) is 0 Å². The van der Waals surface area contributed by atoms with Gasteiger partial charge in [-0.15, -0.1) is 0 Å². The Labute approximate surface area is 160 Å². The lowest BCUT2D eigenvalue weighted by Gasteiger charge is -2.10. The number of benzene rings is 2. The zero-order valence-corrected chi connectivity index (χ0v) is 16.3. The summed E-state index contributed by atoms with van der Waals surface area (Å²) in [7, 11) is 3.33. The number of unbranched alkanes of at least 4 members (excludes halogenated alkanes) is 1. The van der Waals surface area contributed by atoms with E-state index in [1.54, 1.807) is 14.2 Å². The highest BCUT2D eigenvalue weighted by Gasteiger charge is 2.15. The third kappa shape index (κ3) is 4.19. The molecule has 5 heteroatoms. The molecule has 0 radical (unpaired) electrons. The topological polar surface area (TPSA) is 69.5 Å². The third-order valence-electron chi connectivity index (χ3n) is 4.71. The first-order valence-electron chi connectivity index (χ1n) is 9.41. The number of aromatic nitrogens is 1. The van der Waals surface area contributed by atoms with Crippen LogP contribution in [0.2, 0.25) is 0 Å². The van der Waals surface area contributed by atoms with Gasteiger partial charge < -0.3 is 24.9 Å². The van der Waals surface area contributed by atoms with E-state index in [2.05, 4.69) is 17.1 Å². The van der Waals surface area contributed by atoms with Crippen LogP contribution in [0.15, 0.2) is 36.4 Å². The van der Waals surface area contributed by atoms with Gasteiger partial charge in [0.05, 0.1) is 20.8 Å². The lowest BCUT2D eigenvalue weighted by Crippen LogP contribution is -1.99. The highest BCUT2D eigenvalue weighted by molar-refractivity contribution is 5.92. The second-order valence-corrected chi connectivity index (χ2v) is 6.47. The van der Waals surface area contributed by atoms with Crippen LogP contribution >= 0.6 is 0 Å². The number of nitrogens with two attached hydrogens (primary N) is 1. The van der Waals surface area contributed by atoms with Crippen LogP contribution in [0.4, 0.5) is 0 Å². The van der Waals surface area contributed by atoms with Crippen LogP contribution in [0.5, 0.6) is 17.2 Å². The summed E-state index contributed by atoms with van der Waals surface area (Å²) in [6.07, 6.45) is 2.98. The fourth-order valence-electron chi connectivity index (χ4n) is 3.39. The minimum atomic E-state index is 0.651. The number of hydrogen-bond donors (Lipinski definition) is 2. The standard InChI is InChI=1S/C22H28N2O3/c1-4-27-16-8-9-21-20(14-16)19(7-5-6-10-23)22(24-21)15-11-17(25-2)13-18(12-15)26-3/h8-9,11-14,24H,4-7,10,23H2,1-3H3. The van der Waals surface area contributed by atoms with Crippen molar-refractivity contribution in [1.29, 1.82) is 0 Å². The molecule has 27 heavy (non-hydrogen) atoms. The predicted molar refractivity (Wildman–Crippen MR) is 110 cm³/mol. The zero-order valence-electron chi connectivity index (χ0n) is 16.3. The minimum absolute atomic E-state index is 0.651. The van der Waals surface area contributed by atoms with E-state index < -0.39 is 0 Å². The second-order valence-electron chi connectivity index (χ2n) is 6.47. The zero-order chi connectivity index (χ0) is 19.2. The predicted octanol–water partition coefficient (Wildman–Crippen LogP) is 4.53. The van der Waals surface area contributed by atoms with Crippen LogP contribution in [0, 0.1) is 0 Å². The molecule has 5 nitrogen and oxygen atoms in total. The molecule has 3 aromatic rings. The quantitative estimate of drug-likeness (QED) is 0.544. The summed E-state index contributed by atoms with van der Waals surface area (Å²) in [6, 6.07) is 12.1. The highest BCUT2D eigenvalue weighted by atomic mass is 16.5. The van der Waals surface area contributed by atoms with Gasteiger partial charge in [0, 0.05) is 28.2 Å². The average Bonchev–Trinajstić information content (AvgIpc) is 3.06. The molecule has 0 spiro atoms. The van der Waals surface area contributed by atoms with Crippen molar-refractivity contribution in [2.24, 2.45) is 5.73 Å². The second kappa shape index (κ2) is 8.82. The van der Waals surface area contributed by atoms with Crippen molar-refractivity contribution in [1.82, 2.24) is 4.98 Å². The maximum Gasteiger partial charge on any atom is 0.123 e. The monoisotopic (exact) mass is 368 g/mol. The van der Waals surface area contributed by atoms with Crippen molar-refractivity contribution in [3.05, 3.63) is 42.0 Å². The van der Waals surface area contributed by atoms with Crippen LogP contribution < -0.4 is 19.9 Å². The molecule has 144 valence electrons. The Kier molecular flexibility index (Phi) is 6.24. The van der Waals surface area contributed by atoms with Gasteiger partial charge in [0.2, 0.25) is 0 Å². The normalized spacial score (nSPS) is 11.0. The molecule has 0 aliphatic carbocycles. The van der Waals surface area contributed by atoms with Gasteiger partial charge in [-0.2, -0.15) is 0 Å². The third-order valence-corrected chi connectivity index (χ3v) is 4.71. The maximum absolute atomic E-state index is 5.71. The number of hydrogen-bond acceptors (Lipinski definition) is 4. The molecular weight excluding hydrogens is 340 g/mol. The molecule has 0 aliphatic heterocycles. The molecule has 3 rings (SSSR count). The van der Waals surface area contributed by atoms with E-state index in [1.807, 2.05) is 31.2 Å². The minimum Gasteiger partial charge on any atom is -0.497 e. The Morgan fingerprint density at radius 1 is 0.926 bits per heavy atom. The van der Waals surface area contributed by atoms with Crippen molar-refractivity contribution < 1.29 is 14.2 Å². The number of ether oxygens (including phenoxy) is 3. The van der Waals surface area contributed by atoms with Crippen LogP contribution in [-0.2, 0) is 6.42 Å². The van der Waals surface area contributed by atoms with E-state index in [4.69, 9.17) is 19.9 Å². The van der Waals surface area contributed by atoms with E-state index in [1.165, 1.54) is 10.9 Å². The molecule has 1 aromatic heterocycles. The summed E-state index contributed by atoms with van der Waals surface area (Å²) < 4.78 is 16.6. The molecule has 0 bridgehead atoms. The van der Waals surface area contributed by atoms with Crippen molar-refractivity contribution >= 4 is 10.9 Å². The van der Waals surface area contributed by atoms with E-state index in [0.29, 0.717) is 13.2 Å². The van der Waals surface area contributed by atoms with E-state index in [-0.39, 0.29) is 0 Å². The molecule has 0 amide bonds. The summed E-state index contributed by atoms with van der Waals surface area (Å²) in [5.41, 5.74) is 10.2. The summed E-state index contributed by atoms with van der Waals surface area (Å²) in [4.78, 5) is 3.58. The molecule has 0 fully saturated rings. The first-order chi connectivity index (χ1) is 13.2. The van der Waals surface area contributed by atoms with Gasteiger partial charge >= 0.3 is 0 Å². The number of H-pyrrole nitrogens is 1. The largest absolute Gasteiger partial charge is 0.497 e. The smallest absolute Gasteiger partial charge is 0.123 e. The Balaban J connectivity index is 2.14. The van der Waals surface area contributed by atoms with Gasteiger partial charge in [0.1, 0.15) is 17.2 Å². The van der Waals surface area contributed by atoms with Gasteiger partial charge in [-0.1, -0.05) is 0 Å². The molecule has 0 aliphatic rings. The molecule has 0 atom stereocenters. The SMILES string of the molecule is CCOc1ccc2[nH]c(-c3cc(OC)cc(OC)c3)c(CCCCN)c2c1. The average molecular weight is 368 g/mol. The number of aromatic amines is 1. The number of aryl methyl sites for hydroxylation is 1. The van der Waals surface area contributed by atoms with Gasteiger partial charge in [0.15, 0.2) is 0 Å². The molecule has 2 aromatic carbocycles. The summed E-state index contributed by atoms with van der Waals surface area (Å²) in [5, 5.41) is 1.19. The van der Waals surface area contributed by atoms with Crippen molar-refractivity contribution in [2.75, 3.05) is 27.4 Å². The van der Waals surface area contributed by atoms with Crippen LogP contribution in [0.25, 0.3) is 22.2 Å². The lowest BCUT2D eigenvalue weighted by atomic mass is 10.00. The van der Waals surface area contributed by atoms with Crippen molar-refractivity contribution in [3.8, 4) is 28.5 Å². The fraction of sp³-hybridized carbons (Fsp3) is 0.364. The Hall–Kier alpha value is -2.66. The summed E-state index contributed by atoms with van der Waals surface area (Å²) in [6.45, 7) is 3.35. The lowest BCUT2D eigenvalue weighted by molar-refractivity contribution is 0.340. The molecular formula is C22H28N2O3. The number of fused-ring (bicyclic) bond motifs is 1. The molecule has 0 unspecified atom stereocenters. The van der Waals surface area contributed by atoms with Gasteiger partial charge in [-0.3, -0.25) is 0 Å². The molecule has 3 N–H and O–H groups in total. The fourth-order valence-corrected chi connectivity index (χ4v) is 3.39. The van der Waals surface area contributed by atoms with Gasteiger partial charge in [-0.05, 0) is 68.6 Å². The van der Waals surface area contributed by atoms with Crippen LogP contribution in [-0.4, -0.2) is 32.4 Å².